The topological polar surface area (TPSA) is 12.0 Å². The molecule has 14 heavy (non-hydrogen) atoms. The van der Waals surface area contributed by atoms with Crippen molar-refractivity contribution in [3.63, 3.8) is 0 Å². The lowest BCUT2D eigenvalue weighted by Crippen LogP contribution is -2.22. The molecule has 0 spiro atoms. The number of nitrogens with one attached hydrogen (secondary N) is 1. The molecule has 1 unspecified atom stereocenters. The quantitative estimate of drug-likeness (QED) is 0.874. The summed E-state index contributed by atoms with van der Waals surface area (Å²) in [4.78, 5) is 0. The molecular formula is C12H16BrN. The van der Waals surface area contributed by atoms with Gasteiger partial charge in [0.25, 0.3) is 0 Å². The van der Waals surface area contributed by atoms with Gasteiger partial charge in [-0.3, -0.25) is 0 Å². The van der Waals surface area contributed by atoms with E-state index in [9.17, 15) is 0 Å². The van der Waals surface area contributed by atoms with Crippen LogP contribution in [-0.2, 0) is 12.8 Å². The Kier molecular flexibility index (Phi) is 3.24. The lowest BCUT2D eigenvalue weighted by Gasteiger charge is -2.08. The fourth-order valence-corrected chi connectivity index (χ4v) is 2.58. The Bertz CT molecular complexity index is 322. The third kappa shape index (κ3) is 2.18. The molecule has 2 rings (SSSR count). The van der Waals surface area contributed by atoms with Gasteiger partial charge in [0, 0.05) is 4.47 Å². The zero-order valence-electron chi connectivity index (χ0n) is 8.52. The molecule has 1 aromatic carbocycles. The van der Waals surface area contributed by atoms with Gasteiger partial charge in [-0.15, -0.1) is 0 Å². The van der Waals surface area contributed by atoms with Gasteiger partial charge in [0.05, 0.1) is 0 Å². The summed E-state index contributed by atoms with van der Waals surface area (Å²) < 4.78 is 1.21. The molecule has 0 aromatic heterocycles. The van der Waals surface area contributed by atoms with Crippen molar-refractivity contribution in [2.45, 2.75) is 19.8 Å². The van der Waals surface area contributed by atoms with Crippen molar-refractivity contribution in [2.24, 2.45) is 5.92 Å². The van der Waals surface area contributed by atoms with E-state index in [1.165, 1.54) is 28.4 Å². The molecule has 0 heterocycles. The van der Waals surface area contributed by atoms with Crippen LogP contribution in [0.1, 0.15) is 18.1 Å². The van der Waals surface area contributed by atoms with Crippen molar-refractivity contribution < 1.29 is 0 Å². The second kappa shape index (κ2) is 4.45. The first-order valence-corrected chi connectivity index (χ1v) is 6.07. The molecule has 1 aliphatic rings. The van der Waals surface area contributed by atoms with E-state index in [0.717, 1.165) is 19.0 Å². The Morgan fingerprint density at radius 2 is 2.14 bits per heavy atom. The second-order valence-corrected chi connectivity index (χ2v) is 4.91. The van der Waals surface area contributed by atoms with Crippen molar-refractivity contribution in [1.82, 2.24) is 5.32 Å². The number of fused-ring (bicyclic) bond motifs is 1. The molecular weight excluding hydrogens is 238 g/mol. The van der Waals surface area contributed by atoms with Crippen molar-refractivity contribution >= 4 is 15.9 Å². The average Bonchev–Trinajstić information content (AvgIpc) is 2.56. The predicted octanol–water partition coefficient (Wildman–Crippen LogP) is 2.77. The molecule has 0 aliphatic heterocycles. The van der Waals surface area contributed by atoms with Crippen molar-refractivity contribution in [1.29, 1.82) is 0 Å². The van der Waals surface area contributed by atoms with Gasteiger partial charge < -0.3 is 5.32 Å². The van der Waals surface area contributed by atoms with Crippen LogP contribution in [-0.4, -0.2) is 13.1 Å². The number of benzene rings is 1. The zero-order valence-corrected chi connectivity index (χ0v) is 10.1. The first kappa shape index (κ1) is 10.2. The number of hydrogen-bond donors (Lipinski definition) is 1. The van der Waals surface area contributed by atoms with Crippen LogP contribution in [0.2, 0.25) is 0 Å². The first-order chi connectivity index (χ1) is 6.79. The van der Waals surface area contributed by atoms with E-state index in [2.05, 4.69) is 46.4 Å². The van der Waals surface area contributed by atoms with E-state index in [4.69, 9.17) is 0 Å². The van der Waals surface area contributed by atoms with Gasteiger partial charge >= 0.3 is 0 Å². The van der Waals surface area contributed by atoms with Crippen LogP contribution in [0.3, 0.4) is 0 Å². The minimum atomic E-state index is 0.805. The van der Waals surface area contributed by atoms with Crippen LogP contribution in [0.4, 0.5) is 0 Å². The fraction of sp³-hybridized carbons (Fsp3) is 0.500. The van der Waals surface area contributed by atoms with E-state index in [0.29, 0.717) is 0 Å². The summed E-state index contributed by atoms with van der Waals surface area (Å²) in [6, 6.07) is 6.67. The van der Waals surface area contributed by atoms with Gasteiger partial charge in [0.15, 0.2) is 0 Å². The standard InChI is InChI=1S/C12H16BrN/c1-2-14-8-9-5-10-3-4-12(13)7-11(10)6-9/h3-4,7,9,14H,2,5-6,8H2,1H3. The molecule has 1 aliphatic carbocycles. The normalized spacial score (nSPS) is 19.7. The average molecular weight is 254 g/mol. The maximum atomic E-state index is 3.52. The summed E-state index contributed by atoms with van der Waals surface area (Å²) in [5.41, 5.74) is 3.07. The third-order valence-corrected chi connectivity index (χ3v) is 3.36. The van der Waals surface area contributed by atoms with Gasteiger partial charge in [-0.25, -0.2) is 0 Å². The summed E-state index contributed by atoms with van der Waals surface area (Å²) in [6.07, 6.45) is 2.48. The molecule has 0 radical (unpaired) electrons. The van der Waals surface area contributed by atoms with Crippen LogP contribution in [0, 0.1) is 5.92 Å². The van der Waals surface area contributed by atoms with E-state index >= 15 is 0 Å². The Hall–Kier alpha value is -0.340. The number of halogens is 1. The molecule has 0 amide bonds. The Labute approximate surface area is 94.0 Å². The Morgan fingerprint density at radius 1 is 1.36 bits per heavy atom. The van der Waals surface area contributed by atoms with E-state index in [-0.39, 0.29) is 0 Å². The molecule has 1 atom stereocenters. The summed E-state index contributed by atoms with van der Waals surface area (Å²) in [6.45, 7) is 4.40. The Morgan fingerprint density at radius 3 is 2.93 bits per heavy atom. The van der Waals surface area contributed by atoms with Crippen LogP contribution in [0.5, 0.6) is 0 Å². The molecule has 0 saturated heterocycles. The summed E-state index contributed by atoms with van der Waals surface area (Å²) in [5.74, 6) is 0.805. The highest BCUT2D eigenvalue weighted by atomic mass is 79.9. The minimum Gasteiger partial charge on any atom is -0.317 e. The van der Waals surface area contributed by atoms with E-state index < -0.39 is 0 Å². The van der Waals surface area contributed by atoms with Gasteiger partial charge in [0.2, 0.25) is 0 Å². The monoisotopic (exact) mass is 253 g/mol. The second-order valence-electron chi connectivity index (χ2n) is 3.99. The lowest BCUT2D eigenvalue weighted by molar-refractivity contribution is 0.508. The van der Waals surface area contributed by atoms with Crippen LogP contribution < -0.4 is 5.32 Å². The lowest BCUT2D eigenvalue weighted by atomic mass is 10.1. The van der Waals surface area contributed by atoms with Crippen molar-refractivity contribution in [3.05, 3.63) is 33.8 Å². The highest BCUT2D eigenvalue weighted by molar-refractivity contribution is 9.10. The molecule has 2 heteroatoms. The van der Waals surface area contributed by atoms with Crippen LogP contribution in [0.15, 0.2) is 22.7 Å². The molecule has 1 nitrogen and oxygen atoms in total. The number of hydrogen-bond acceptors (Lipinski definition) is 1. The smallest absolute Gasteiger partial charge is 0.0178 e. The van der Waals surface area contributed by atoms with Gasteiger partial charge in [0.1, 0.15) is 0 Å². The zero-order chi connectivity index (χ0) is 9.97. The third-order valence-electron chi connectivity index (χ3n) is 2.87. The minimum absolute atomic E-state index is 0.805. The molecule has 0 fully saturated rings. The van der Waals surface area contributed by atoms with Crippen LogP contribution >= 0.6 is 15.9 Å². The summed E-state index contributed by atoms with van der Waals surface area (Å²) >= 11 is 3.52. The molecule has 76 valence electrons. The molecule has 0 bridgehead atoms. The maximum absolute atomic E-state index is 3.52. The SMILES string of the molecule is CCNCC1Cc2ccc(Br)cc2C1. The maximum Gasteiger partial charge on any atom is 0.0178 e. The highest BCUT2D eigenvalue weighted by Crippen LogP contribution is 2.28. The summed E-state index contributed by atoms with van der Waals surface area (Å²) in [5, 5.41) is 3.43. The molecule has 0 saturated carbocycles. The largest absolute Gasteiger partial charge is 0.317 e. The van der Waals surface area contributed by atoms with E-state index in [1.54, 1.807) is 0 Å². The van der Waals surface area contributed by atoms with Gasteiger partial charge in [-0.2, -0.15) is 0 Å². The van der Waals surface area contributed by atoms with E-state index in [1.807, 2.05) is 0 Å². The van der Waals surface area contributed by atoms with Crippen molar-refractivity contribution in [2.75, 3.05) is 13.1 Å². The van der Waals surface area contributed by atoms with Gasteiger partial charge in [-0.1, -0.05) is 28.9 Å². The van der Waals surface area contributed by atoms with Crippen LogP contribution in [0.25, 0.3) is 0 Å². The molecule has 1 N–H and O–H groups in total. The Balaban J connectivity index is 2.03. The van der Waals surface area contributed by atoms with Gasteiger partial charge in [-0.05, 0) is 55.1 Å². The number of rotatable bonds is 3. The van der Waals surface area contributed by atoms with Crippen molar-refractivity contribution in [3.8, 4) is 0 Å². The fourth-order valence-electron chi connectivity index (χ4n) is 2.17. The first-order valence-electron chi connectivity index (χ1n) is 5.27. The molecule has 1 aromatic rings. The highest BCUT2D eigenvalue weighted by Gasteiger charge is 2.20. The predicted molar refractivity (Wildman–Crippen MR) is 63.6 cm³/mol. The summed E-state index contributed by atoms with van der Waals surface area (Å²) in [7, 11) is 0.